The summed E-state index contributed by atoms with van der Waals surface area (Å²) in [6.07, 6.45) is 3.29. The van der Waals surface area contributed by atoms with Crippen molar-refractivity contribution in [1.82, 2.24) is 25.1 Å². The van der Waals surface area contributed by atoms with E-state index in [0.29, 0.717) is 22.8 Å². The number of H-pyrrole nitrogens is 2. The van der Waals surface area contributed by atoms with Crippen molar-refractivity contribution in [3.8, 4) is 28.5 Å². The summed E-state index contributed by atoms with van der Waals surface area (Å²) in [4.78, 5) is 22.7. The highest BCUT2D eigenvalue weighted by molar-refractivity contribution is 5.92. The number of hydrogen-bond acceptors (Lipinski definition) is 5. The summed E-state index contributed by atoms with van der Waals surface area (Å²) in [7, 11) is 0. The predicted octanol–water partition coefficient (Wildman–Crippen LogP) is 3.50. The van der Waals surface area contributed by atoms with Crippen molar-refractivity contribution in [2.45, 2.75) is 20.0 Å². The third kappa shape index (κ3) is 3.24. The maximum absolute atomic E-state index is 11.1. The molecule has 8 heteroatoms. The number of ether oxygens (including phenoxy) is 1. The Bertz CT molecular complexity index is 1130. The van der Waals surface area contributed by atoms with Crippen LogP contribution in [-0.2, 0) is 0 Å². The molecule has 8 nitrogen and oxygen atoms in total. The van der Waals surface area contributed by atoms with Gasteiger partial charge in [0.15, 0.2) is 5.82 Å². The van der Waals surface area contributed by atoms with E-state index in [2.05, 4.69) is 25.1 Å². The van der Waals surface area contributed by atoms with E-state index in [1.165, 1.54) is 6.07 Å². The van der Waals surface area contributed by atoms with Crippen LogP contribution in [-0.4, -0.2) is 42.3 Å². The summed E-state index contributed by atoms with van der Waals surface area (Å²) >= 11 is 0. The second kappa shape index (κ2) is 6.56. The van der Waals surface area contributed by atoms with Gasteiger partial charge in [-0.1, -0.05) is 0 Å². The van der Waals surface area contributed by atoms with Gasteiger partial charge in [-0.15, -0.1) is 0 Å². The Morgan fingerprint density at radius 1 is 1.22 bits per heavy atom. The lowest BCUT2D eigenvalue weighted by Gasteiger charge is -2.09. The Balaban J connectivity index is 1.76. The first-order valence-corrected chi connectivity index (χ1v) is 8.41. The molecule has 3 aromatic heterocycles. The molecule has 0 atom stereocenters. The van der Waals surface area contributed by atoms with E-state index in [9.17, 15) is 4.79 Å². The van der Waals surface area contributed by atoms with Crippen LogP contribution in [0.2, 0.25) is 0 Å². The lowest BCUT2D eigenvalue weighted by Crippen LogP contribution is -2.05. The molecule has 0 bridgehead atoms. The quantitative estimate of drug-likeness (QED) is 0.500. The van der Waals surface area contributed by atoms with Gasteiger partial charge in [0.25, 0.3) is 0 Å². The van der Waals surface area contributed by atoms with Crippen molar-refractivity contribution >= 4 is 16.9 Å². The van der Waals surface area contributed by atoms with Gasteiger partial charge in [-0.05, 0) is 44.2 Å². The zero-order valence-corrected chi connectivity index (χ0v) is 14.7. The number of rotatable bonds is 5. The van der Waals surface area contributed by atoms with E-state index in [0.717, 1.165) is 16.7 Å². The molecule has 1 aromatic carbocycles. The van der Waals surface area contributed by atoms with Crippen molar-refractivity contribution < 1.29 is 14.6 Å². The second-order valence-corrected chi connectivity index (χ2v) is 6.32. The normalized spacial score (nSPS) is 11.2. The molecule has 0 aliphatic carbocycles. The van der Waals surface area contributed by atoms with Crippen LogP contribution in [0.3, 0.4) is 0 Å². The summed E-state index contributed by atoms with van der Waals surface area (Å²) in [5.74, 6) is 0.165. The number of benzene rings is 1. The van der Waals surface area contributed by atoms with Crippen LogP contribution in [0.15, 0.2) is 42.7 Å². The fourth-order valence-corrected chi connectivity index (χ4v) is 2.81. The van der Waals surface area contributed by atoms with Gasteiger partial charge in [0, 0.05) is 23.3 Å². The summed E-state index contributed by atoms with van der Waals surface area (Å²) < 4.78 is 5.76. The van der Waals surface area contributed by atoms with Gasteiger partial charge < -0.3 is 14.8 Å². The van der Waals surface area contributed by atoms with Crippen LogP contribution in [0.5, 0.6) is 5.75 Å². The third-order valence-corrected chi connectivity index (χ3v) is 3.98. The highest BCUT2D eigenvalue weighted by Crippen LogP contribution is 2.29. The van der Waals surface area contributed by atoms with Crippen LogP contribution in [0.1, 0.15) is 24.3 Å². The van der Waals surface area contributed by atoms with E-state index < -0.39 is 5.97 Å². The van der Waals surface area contributed by atoms with Crippen molar-refractivity contribution in [3.63, 3.8) is 0 Å². The molecular weight excluding hydrogens is 346 g/mol. The molecule has 0 spiro atoms. The maximum atomic E-state index is 11.1. The van der Waals surface area contributed by atoms with E-state index in [-0.39, 0.29) is 11.8 Å². The summed E-state index contributed by atoms with van der Waals surface area (Å²) in [5, 5.41) is 17.2. The van der Waals surface area contributed by atoms with E-state index in [4.69, 9.17) is 9.84 Å². The van der Waals surface area contributed by atoms with Crippen LogP contribution in [0.25, 0.3) is 33.7 Å². The molecule has 0 radical (unpaired) electrons. The fraction of sp³-hybridized carbons (Fsp3) is 0.158. The molecule has 0 aliphatic rings. The van der Waals surface area contributed by atoms with Gasteiger partial charge in [0.2, 0.25) is 0 Å². The van der Waals surface area contributed by atoms with Crippen LogP contribution >= 0.6 is 0 Å². The molecule has 3 N–H and O–H groups in total. The monoisotopic (exact) mass is 363 g/mol. The number of carbonyl (C=O) groups is 1. The highest BCUT2D eigenvalue weighted by Gasteiger charge is 2.14. The van der Waals surface area contributed by atoms with Crippen LogP contribution in [0, 0.1) is 0 Å². The topological polar surface area (TPSA) is 117 Å². The lowest BCUT2D eigenvalue weighted by atomic mass is 10.1. The Labute approximate surface area is 154 Å². The first-order chi connectivity index (χ1) is 13.0. The molecule has 0 aliphatic heterocycles. The smallest absolute Gasteiger partial charge is 0.352 e. The minimum absolute atomic E-state index is 0.0643. The zero-order valence-electron chi connectivity index (χ0n) is 14.7. The molecule has 0 saturated heterocycles. The minimum Gasteiger partial charge on any atom is -0.491 e. The standard InChI is InChI=1S/C19H17N5O3/c1-10(2)27-12-3-4-15-13(8-12)17(24-23-15)18-20-6-5-14(22-18)11-7-16(19(25)26)21-9-11/h3-10,21H,1-2H3,(H,23,24)(H,25,26). The molecule has 136 valence electrons. The van der Waals surface area contributed by atoms with E-state index in [1.807, 2.05) is 32.0 Å². The fourth-order valence-electron chi connectivity index (χ4n) is 2.81. The maximum Gasteiger partial charge on any atom is 0.352 e. The average Bonchev–Trinajstić information content (AvgIpc) is 3.28. The Morgan fingerprint density at radius 3 is 2.81 bits per heavy atom. The first-order valence-electron chi connectivity index (χ1n) is 8.41. The zero-order chi connectivity index (χ0) is 19.0. The number of nitrogens with zero attached hydrogens (tertiary/aromatic N) is 3. The summed E-state index contributed by atoms with van der Waals surface area (Å²) in [6, 6.07) is 8.95. The lowest BCUT2D eigenvalue weighted by molar-refractivity contribution is 0.0691. The average molecular weight is 363 g/mol. The Hall–Kier alpha value is -3.68. The van der Waals surface area contributed by atoms with Gasteiger partial charge >= 0.3 is 5.97 Å². The number of aromatic carboxylic acids is 1. The second-order valence-electron chi connectivity index (χ2n) is 6.32. The third-order valence-electron chi connectivity index (χ3n) is 3.98. The van der Waals surface area contributed by atoms with Gasteiger partial charge in [-0.2, -0.15) is 5.10 Å². The molecule has 4 aromatic rings. The van der Waals surface area contributed by atoms with Gasteiger partial charge in [0.05, 0.1) is 17.3 Å². The first kappa shape index (κ1) is 16.8. The highest BCUT2D eigenvalue weighted by atomic mass is 16.5. The molecule has 0 saturated carbocycles. The number of carboxylic acids is 1. The molecule has 3 heterocycles. The number of aromatic amines is 2. The Morgan fingerprint density at radius 2 is 2.07 bits per heavy atom. The van der Waals surface area contributed by atoms with Gasteiger partial charge in [0.1, 0.15) is 17.1 Å². The number of aromatic nitrogens is 5. The molecule has 4 rings (SSSR count). The molecular formula is C19H17N5O3. The molecule has 0 unspecified atom stereocenters. The largest absolute Gasteiger partial charge is 0.491 e. The van der Waals surface area contributed by atoms with Crippen LogP contribution in [0.4, 0.5) is 0 Å². The summed E-state index contributed by atoms with van der Waals surface area (Å²) in [5.41, 5.74) is 2.83. The minimum atomic E-state index is -1.02. The number of nitrogens with one attached hydrogen (secondary N) is 2. The van der Waals surface area contributed by atoms with Crippen molar-refractivity contribution in [2.75, 3.05) is 0 Å². The van der Waals surface area contributed by atoms with Gasteiger partial charge in [-0.3, -0.25) is 5.10 Å². The van der Waals surface area contributed by atoms with Gasteiger partial charge in [-0.25, -0.2) is 14.8 Å². The molecule has 0 fully saturated rings. The van der Waals surface area contributed by atoms with Crippen LogP contribution < -0.4 is 4.74 Å². The van der Waals surface area contributed by atoms with Crippen molar-refractivity contribution in [3.05, 3.63) is 48.4 Å². The van der Waals surface area contributed by atoms with E-state index >= 15 is 0 Å². The summed E-state index contributed by atoms with van der Waals surface area (Å²) in [6.45, 7) is 3.94. The van der Waals surface area contributed by atoms with Crippen molar-refractivity contribution in [1.29, 1.82) is 0 Å². The predicted molar refractivity (Wildman–Crippen MR) is 99.6 cm³/mol. The number of fused-ring (bicyclic) bond motifs is 1. The Kier molecular flexibility index (Phi) is 4.08. The molecule has 0 amide bonds. The van der Waals surface area contributed by atoms with E-state index in [1.54, 1.807) is 18.5 Å². The SMILES string of the molecule is CC(C)Oc1ccc2[nH]nc(-c3nccc(-c4c[nH]c(C(=O)O)c4)n3)c2c1. The number of carboxylic acid groups (broad SMARTS) is 1. The van der Waals surface area contributed by atoms with Crippen molar-refractivity contribution in [2.24, 2.45) is 0 Å². The number of hydrogen-bond donors (Lipinski definition) is 3. The molecule has 27 heavy (non-hydrogen) atoms.